The summed E-state index contributed by atoms with van der Waals surface area (Å²) >= 11 is 0. The summed E-state index contributed by atoms with van der Waals surface area (Å²) in [6.07, 6.45) is 1.81. The minimum absolute atomic E-state index is 0.0531. The summed E-state index contributed by atoms with van der Waals surface area (Å²) in [6.45, 7) is 0.368. The molecule has 3 rings (SSSR count). The van der Waals surface area contributed by atoms with Gasteiger partial charge in [0.15, 0.2) is 6.61 Å². The first kappa shape index (κ1) is 13.4. The molecule has 1 fully saturated rings. The van der Waals surface area contributed by atoms with Crippen molar-refractivity contribution < 1.29 is 19.1 Å². The van der Waals surface area contributed by atoms with E-state index in [1.807, 2.05) is 4.90 Å². The molecule has 2 amide bonds. The first-order valence-electron chi connectivity index (χ1n) is 6.73. The number of anilines is 2. The second-order valence-corrected chi connectivity index (χ2v) is 5.12. The number of fused-ring (bicyclic) bond motifs is 3. The molecule has 7 nitrogen and oxygen atoms in total. The molecule has 1 aromatic rings. The van der Waals surface area contributed by atoms with Crippen molar-refractivity contribution in [3.8, 4) is 0 Å². The molecule has 0 bridgehead atoms. The van der Waals surface area contributed by atoms with E-state index in [0.717, 1.165) is 25.1 Å². The maximum absolute atomic E-state index is 12.0. The highest BCUT2D eigenvalue weighted by Gasteiger charge is 2.36. The van der Waals surface area contributed by atoms with Crippen molar-refractivity contribution in [3.63, 3.8) is 0 Å². The maximum Gasteiger partial charge on any atom is 0.338 e. The van der Waals surface area contributed by atoms with E-state index in [1.54, 1.807) is 18.2 Å². The third-order valence-corrected chi connectivity index (χ3v) is 3.70. The minimum Gasteiger partial charge on any atom is -0.452 e. The second kappa shape index (κ2) is 5.08. The summed E-state index contributed by atoms with van der Waals surface area (Å²) in [5.74, 6) is -1.41. The van der Waals surface area contributed by atoms with E-state index in [4.69, 9.17) is 10.5 Å². The zero-order chi connectivity index (χ0) is 15.0. The smallest absolute Gasteiger partial charge is 0.338 e. The van der Waals surface area contributed by atoms with Gasteiger partial charge >= 0.3 is 5.97 Å². The molecular formula is C14H15N3O4. The highest BCUT2D eigenvalue weighted by molar-refractivity contribution is 6.05. The molecule has 0 aromatic heterocycles. The average molecular weight is 289 g/mol. The van der Waals surface area contributed by atoms with E-state index in [9.17, 15) is 14.4 Å². The van der Waals surface area contributed by atoms with Crippen LogP contribution in [0.5, 0.6) is 0 Å². The van der Waals surface area contributed by atoms with Gasteiger partial charge in [0.2, 0.25) is 5.91 Å². The lowest BCUT2D eigenvalue weighted by Gasteiger charge is -2.33. The number of nitrogens with two attached hydrogens (primary N) is 1. The van der Waals surface area contributed by atoms with Crippen molar-refractivity contribution in [1.82, 2.24) is 0 Å². The predicted molar refractivity (Wildman–Crippen MR) is 74.9 cm³/mol. The average Bonchev–Trinajstić information content (AvgIpc) is 2.94. The van der Waals surface area contributed by atoms with Gasteiger partial charge in [-0.25, -0.2) is 4.79 Å². The Hall–Kier alpha value is -2.57. The van der Waals surface area contributed by atoms with Crippen LogP contribution >= 0.6 is 0 Å². The van der Waals surface area contributed by atoms with Crippen LogP contribution in [0.15, 0.2) is 18.2 Å². The number of primary amides is 1. The number of esters is 1. The van der Waals surface area contributed by atoms with Crippen molar-refractivity contribution in [2.45, 2.75) is 18.9 Å². The van der Waals surface area contributed by atoms with Crippen LogP contribution < -0.4 is 16.0 Å². The Morgan fingerprint density at radius 3 is 3.00 bits per heavy atom. The van der Waals surface area contributed by atoms with E-state index >= 15 is 0 Å². The number of carbonyl (C=O) groups is 3. The Morgan fingerprint density at radius 2 is 2.24 bits per heavy atom. The van der Waals surface area contributed by atoms with Crippen LogP contribution in [0, 0.1) is 0 Å². The topological polar surface area (TPSA) is 102 Å². The van der Waals surface area contributed by atoms with Crippen LogP contribution in [-0.2, 0) is 14.3 Å². The highest BCUT2D eigenvalue weighted by atomic mass is 16.5. The molecule has 3 N–H and O–H groups in total. The minimum atomic E-state index is -0.713. The van der Waals surface area contributed by atoms with Crippen LogP contribution in [0.1, 0.15) is 23.2 Å². The summed E-state index contributed by atoms with van der Waals surface area (Å²) < 4.78 is 4.75. The lowest BCUT2D eigenvalue weighted by molar-refractivity contribution is -0.121. The molecule has 0 saturated carbocycles. The molecule has 0 unspecified atom stereocenters. The molecule has 1 saturated heterocycles. The Kier molecular flexibility index (Phi) is 3.25. The number of nitrogens with zero attached hydrogens (tertiary/aromatic N) is 1. The summed E-state index contributed by atoms with van der Waals surface area (Å²) in [4.78, 5) is 36.5. The molecule has 0 radical (unpaired) electrons. The van der Waals surface area contributed by atoms with E-state index in [-0.39, 0.29) is 17.5 Å². The van der Waals surface area contributed by atoms with Gasteiger partial charge in [0.25, 0.3) is 5.91 Å². The van der Waals surface area contributed by atoms with Gasteiger partial charge in [-0.1, -0.05) is 0 Å². The number of nitrogens with one attached hydrogen (secondary N) is 1. The summed E-state index contributed by atoms with van der Waals surface area (Å²) in [5, 5.41) is 2.81. The third-order valence-electron chi connectivity index (χ3n) is 3.70. The van der Waals surface area contributed by atoms with Gasteiger partial charge in [-0.2, -0.15) is 0 Å². The lowest BCUT2D eigenvalue weighted by Crippen LogP contribution is -2.43. The van der Waals surface area contributed by atoms with Crippen LogP contribution in [0.25, 0.3) is 0 Å². The summed E-state index contributed by atoms with van der Waals surface area (Å²) in [7, 11) is 0. The van der Waals surface area contributed by atoms with Gasteiger partial charge in [0, 0.05) is 6.54 Å². The van der Waals surface area contributed by atoms with Crippen molar-refractivity contribution >= 4 is 29.2 Å². The van der Waals surface area contributed by atoms with Crippen LogP contribution in [-0.4, -0.2) is 37.0 Å². The highest BCUT2D eigenvalue weighted by Crippen LogP contribution is 2.37. The van der Waals surface area contributed by atoms with E-state index < -0.39 is 18.5 Å². The lowest BCUT2D eigenvalue weighted by atomic mass is 10.1. The number of ether oxygens (including phenoxy) is 1. The van der Waals surface area contributed by atoms with Crippen molar-refractivity contribution in [3.05, 3.63) is 23.8 Å². The second-order valence-electron chi connectivity index (χ2n) is 5.12. The Labute approximate surface area is 121 Å². The first-order chi connectivity index (χ1) is 10.1. The molecular weight excluding hydrogens is 274 g/mol. The molecule has 2 aliphatic heterocycles. The fourth-order valence-electron chi connectivity index (χ4n) is 2.78. The van der Waals surface area contributed by atoms with Crippen LogP contribution in [0.2, 0.25) is 0 Å². The Balaban J connectivity index is 1.85. The molecule has 7 heteroatoms. The summed E-state index contributed by atoms with van der Waals surface area (Å²) in [6, 6.07) is 4.85. The fourth-order valence-corrected chi connectivity index (χ4v) is 2.78. The SMILES string of the molecule is NC(=O)COC(=O)c1ccc2c(c1)NC(=O)[C@H]1CCCN21. The molecule has 0 aliphatic carbocycles. The molecule has 21 heavy (non-hydrogen) atoms. The number of carbonyl (C=O) groups excluding carboxylic acids is 3. The van der Waals surface area contributed by atoms with Crippen molar-refractivity contribution in [1.29, 1.82) is 0 Å². The molecule has 1 atom stereocenters. The molecule has 1 aromatic carbocycles. The predicted octanol–water partition coefficient (Wildman–Crippen LogP) is 0.250. The largest absolute Gasteiger partial charge is 0.452 e. The number of rotatable bonds is 3. The Morgan fingerprint density at radius 1 is 1.43 bits per heavy atom. The van der Waals surface area contributed by atoms with Crippen LogP contribution in [0.3, 0.4) is 0 Å². The monoisotopic (exact) mass is 289 g/mol. The normalized spacial score (nSPS) is 19.5. The van der Waals surface area contributed by atoms with Gasteiger partial charge in [-0.3, -0.25) is 9.59 Å². The van der Waals surface area contributed by atoms with Gasteiger partial charge in [-0.05, 0) is 31.0 Å². The molecule has 2 heterocycles. The molecule has 2 aliphatic rings. The van der Waals surface area contributed by atoms with Crippen LogP contribution in [0.4, 0.5) is 11.4 Å². The van der Waals surface area contributed by atoms with E-state index in [1.165, 1.54) is 0 Å². The van der Waals surface area contributed by atoms with E-state index in [0.29, 0.717) is 5.69 Å². The standard InChI is InChI=1S/C14H15N3O4/c15-12(18)7-21-14(20)8-3-4-10-9(6-8)16-13(19)11-2-1-5-17(10)11/h3-4,6,11H,1-2,5,7H2,(H2,15,18)(H,16,19)/t11-/m1/s1. The number of hydrogen-bond acceptors (Lipinski definition) is 5. The summed E-state index contributed by atoms with van der Waals surface area (Å²) in [5.41, 5.74) is 6.69. The fraction of sp³-hybridized carbons (Fsp3) is 0.357. The van der Waals surface area contributed by atoms with Gasteiger partial charge in [-0.15, -0.1) is 0 Å². The quantitative estimate of drug-likeness (QED) is 0.777. The number of hydrogen-bond donors (Lipinski definition) is 2. The van der Waals surface area contributed by atoms with Crippen molar-refractivity contribution in [2.75, 3.05) is 23.4 Å². The molecule has 0 spiro atoms. The van der Waals surface area contributed by atoms with E-state index in [2.05, 4.69) is 5.32 Å². The zero-order valence-corrected chi connectivity index (χ0v) is 11.3. The number of benzene rings is 1. The third kappa shape index (κ3) is 2.42. The van der Waals surface area contributed by atoms with Gasteiger partial charge < -0.3 is 20.7 Å². The molecule has 110 valence electrons. The van der Waals surface area contributed by atoms with Gasteiger partial charge in [0.05, 0.1) is 16.9 Å². The Bertz CT molecular complexity index is 629. The first-order valence-corrected chi connectivity index (χ1v) is 6.73. The van der Waals surface area contributed by atoms with Gasteiger partial charge in [0.1, 0.15) is 6.04 Å². The van der Waals surface area contributed by atoms with Crippen molar-refractivity contribution in [2.24, 2.45) is 5.73 Å². The maximum atomic E-state index is 12.0. The number of amides is 2. The zero-order valence-electron chi connectivity index (χ0n) is 11.3.